The number of para-hydroxylation sites is 1. The number of aromatic nitrogens is 1. The maximum Gasteiger partial charge on any atom is 0.257 e. The fourth-order valence-corrected chi connectivity index (χ4v) is 3.06. The second kappa shape index (κ2) is 4.25. The molecule has 0 aliphatic carbocycles. The molecule has 0 atom stereocenters. The molecule has 0 radical (unpaired) electrons. The summed E-state index contributed by atoms with van der Waals surface area (Å²) in [5.41, 5.74) is 2.42. The van der Waals surface area contributed by atoms with E-state index in [0.717, 1.165) is 15.8 Å². The Morgan fingerprint density at radius 2 is 1.75 bits per heavy atom. The normalized spacial score (nSPS) is 15.6. The van der Waals surface area contributed by atoms with Crippen LogP contribution in [-0.2, 0) is 0 Å². The van der Waals surface area contributed by atoms with Gasteiger partial charge in [-0.3, -0.25) is 4.79 Å². The zero-order valence-corrected chi connectivity index (χ0v) is 11.1. The number of amides is 1. The summed E-state index contributed by atoms with van der Waals surface area (Å²) >= 11 is 1.51. The highest BCUT2D eigenvalue weighted by Crippen LogP contribution is 2.29. The quantitative estimate of drug-likeness (QED) is 0.744. The number of carbonyl (C=O) groups is 1. The van der Waals surface area contributed by atoms with Crippen molar-refractivity contribution in [3.63, 3.8) is 0 Å². The highest BCUT2D eigenvalue weighted by molar-refractivity contribution is 7.22. The molecule has 1 amide bonds. The van der Waals surface area contributed by atoms with Crippen LogP contribution in [0.15, 0.2) is 53.5 Å². The van der Waals surface area contributed by atoms with E-state index in [1.54, 1.807) is 6.07 Å². The lowest BCUT2D eigenvalue weighted by Crippen LogP contribution is -2.21. The summed E-state index contributed by atoms with van der Waals surface area (Å²) in [6.07, 6.45) is 0. The molecule has 4 rings (SSSR count). The zero-order chi connectivity index (χ0) is 13.5. The van der Waals surface area contributed by atoms with Crippen molar-refractivity contribution in [2.75, 3.05) is 0 Å². The van der Waals surface area contributed by atoms with Gasteiger partial charge >= 0.3 is 0 Å². The number of thiazole rings is 1. The van der Waals surface area contributed by atoms with Crippen LogP contribution in [0.25, 0.3) is 10.2 Å². The van der Waals surface area contributed by atoms with E-state index in [9.17, 15) is 4.79 Å². The third kappa shape index (κ3) is 1.71. The number of aliphatic imine (C=N–C) groups is 1. The minimum atomic E-state index is -0.111. The molecule has 1 N–H and O–H groups in total. The first-order valence-corrected chi connectivity index (χ1v) is 6.98. The highest BCUT2D eigenvalue weighted by Gasteiger charge is 2.24. The first-order valence-electron chi connectivity index (χ1n) is 6.16. The molecule has 0 unspecified atom stereocenters. The summed E-state index contributed by atoms with van der Waals surface area (Å²) in [5.74, 6) is 0.463. The summed E-state index contributed by atoms with van der Waals surface area (Å²) in [4.78, 5) is 20.8. The molecule has 96 valence electrons. The van der Waals surface area contributed by atoms with Gasteiger partial charge in [0, 0.05) is 5.56 Å². The van der Waals surface area contributed by atoms with E-state index in [1.807, 2.05) is 42.5 Å². The molecule has 5 heteroatoms. The van der Waals surface area contributed by atoms with Gasteiger partial charge in [-0.1, -0.05) is 41.7 Å². The topological polar surface area (TPSA) is 54.4 Å². The second-order valence-corrected chi connectivity index (χ2v) is 5.43. The fourth-order valence-electron chi connectivity index (χ4n) is 2.22. The number of hydrogen-bond donors (Lipinski definition) is 1. The summed E-state index contributed by atoms with van der Waals surface area (Å²) in [5, 5.41) is 3.44. The maximum atomic E-state index is 11.8. The van der Waals surface area contributed by atoms with Crippen LogP contribution in [-0.4, -0.2) is 16.7 Å². The molecule has 0 fully saturated rings. The molecule has 20 heavy (non-hydrogen) atoms. The Morgan fingerprint density at radius 1 is 1.00 bits per heavy atom. The Kier molecular flexibility index (Phi) is 2.40. The predicted molar refractivity (Wildman–Crippen MR) is 79.7 cm³/mol. The molecule has 0 bridgehead atoms. The first kappa shape index (κ1) is 11.3. The smallest absolute Gasteiger partial charge is 0.257 e. The average Bonchev–Trinajstić information content (AvgIpc) is 3.01. The lowest BCUT2D eigenvalue weighted by atomic mass is 10.1. The Morgan fingerprint density at radius 3 is 2.60 bits per heavy atom. The SMILES string of the molecule is O=C1N/C(=N\c2nc3ccccc3s2)c2ccccc21. The highest BCUT2D eigenvalue weighted by atomic mass is 32.1. The van der Waals surface area contributed by atoms with Gasteiger partial charge in [0.15, 0.2) is 0 Å². The minimum Gasteiger partial charge on any atom is -0.306 e. The molecule has 4 nitrogen and oxygen atoms in total. The maximum absolute atomic E-state index is 11.8. The fraction of sp³-hybridized carbons (Fsp3) is 0. The number of rotatable bonds is 1. The van der Waals surface area contributed by atoms with Gasteiger partial charge in [0.1, 0.15) is 5.84 Å². The van der Waals surface area contributed by atoms with Gasteiger partial charge in [0.25, 0.3) is 5.91 Å². The molecule has 1 aliphatic rings. The zero-order valence-electron chi connectivity index (χ0n) is 10.3. The lowest BCUT2D eigenvalue weighted by molar-refractivity contribution is 0.0983. The van der Waals surface area contributed by atoms with Crippen LogP contribution in [0.4, 0.5) is 5.13 Å². The van der Waals surface area contributed by atoms with E-state index in [4.69, 9.17) is 0 Å². The molecule has 1 aromatic heterocycles. The van der Waals surface area contributed by atoms with Crippen molar-refractivity contribution in [3.8, 4) is 0 Å². The summed E-state index contributed by atoms with van der Waals surface area (Å²) < 4.78 is 1.09. The summed E-state index contributed by atoms with van der Waals surface area (Å²) in [7, 11) is 0. The molecular formula is C15H9N3OS. The van der Waals surface area contributed by atoms with Gasteiger partial charge in [0.2, 0.25) is 5.13 Å². The number of amidine groups is 1. The van der Waals surface area contributed by atoms with E-state index in [2.05, 4.69) is 15.3 Å². The third-order valence-corrected chi connectivity index (χ3v) is 4.08. The predicted octanol–water partition coefficient (Wildman–Crippen LogP) is 3.12. The largest absolute Gasteiger partial charge is 0.306 e. The van der Waals surface area contributed by atoms with Crippen molar-refractivity contribution in [2.24, 2.45) is 4.99 Å². The number of nitrogens with one attached hydrogen (secondary N) is 1. The molecule has 2 heterocycles. The van der Waals surface area contributed by atoms with Crippen molar-refractivity contribution in [2.45, 2.75) is 0 Å². The van der Waals surface area contributed by atoms with E-state index in [1.165, 1.54) is 11.3 Å². The van der Waals surface area contributed by atoms with Crippen molar-refractivity contribution < 1.29 is 4.79 Å². The van der Waals surface area contributed by atoms with Gasteiger partial charge < -0.3 is 5.32 Å². The van der Waals surface area contributed by atoms with Crippen molar-refractivity contribution in [1.29, 1.82) is 0 Å². The number of fused-ring (bicyclic) bond motifs is 2. The Balaban J connectivity index is 1.83. The Labute approximate surface area is 118 Å². The molecule has 0 spiro atoms. The number of nitrogens with zero attached hydrogens (tertiary/aromatic N) is 2. The van der Waals surface area contributed by atoms with E-state index in [-0.39, 0.29) is 5.91 Å². The molecule has 2 aromatic carbocycles. The number of hydrogen-bond acceptors (Lipinski definition) is 4. The Bertz CT molecular complexity index is 833. The van der Waals surface area contributed by atoms with Gasteiger partial charge in [0.05, 0.1) is 15.8 Å². The van der Waals surface area contributed by atoms with E-state index in [0.29, 0.717) is 16.5 Å². The van der Waals surface area contributed by atoms with E-state index < -0.39 is 0 Å². The van der Waals surface area contributed by atoms with Crippen LogP contribution >= 0.6 is 11.3 Å². The van der Waals surface area contributed by atoms with Gasteiger partial charge in [-0.05, 0) is 18.2 Å². The van der Waals surface area contributed by atoms with Gasteiger partial charge in [-0.2, -0.15) is 0 Å². The monoisotopic (exact) mass is 279 g/mol. The molecule has 1 aliphatic heterocycles. The molecule has 0 saturated carbocycles. The first-order chi connectivity index (χ1) is 9.81. The minimum absolute atomic E-state index is 0.111. The van der Waals surface area contributed by atoms with Gasteiger partial charge in [-0.15, -0.1) is 0 Å². The lowest BCUT2D eigenvalue weighted by Gasteiger charge is -1.95. The van der Waals surface area contributed by atoms with Crippen LogP contribution < -0.4 is 5.32 Å². The third-order valence-electron chi connectivity index (χ3n) is 3.15. The van der Waals surface area contributed by atoms with Crippen LogP contribution in [0, 0.1) is 0 Å². The van der Waals surface area contributed by atoms with Crippen LogP contribution in [0.5, 0.6) is 0 Å². The molecular weight excluding hydrogens is 270 g/mol. The van der Waals surface area contributed by atoms with E-state index >= 15 is 0 Å². The standard InChI is InChI=1S/C15H9N3OS/c19-14-10-6-2-1-5-9(10)13(17-14)18-15-16-11-7-3-4-8-12(11)20-15/h1-8H,(H,16,17,18,19). The number of carbonyl (C=O) groups excluding carboxylic acids is 1. The van der Waals surface area contributed by atoms with Crippen LogP contribution in [0.1, 0.15) is 15.9 Å². The van der Waals surface area contributed by atoms with Crippen molar-refractivity contribution in [3.05, 3.63) is 59.7 Å². The summed E-state index contributed by atoms with van der Waals surface area (Å²) in [6.45, 7) is 0. The number of benzene rings is 2. The Hall–Kier alpha value is -2.53. The van der Waals surface area contributed by atoms with Crippen LogP contribution in [0.2, 0.25) is 0 Å². The molecule has 0 saturated heterocycles. The second-order valence-electron chi connectivity index (χ2n) is 4.42. The summed E-state index contributed by atoms with van der Waals surface area (Å²) in [6, 6.07) is 15.3. The van der Waals surface area contributed by atoms with Gasteiger partial charge in [-0.25, -0.2) is 9.98 Å². The van der Waals surface area contributed by atoms with Crippen LogP contribution in [0.3, 0.4) is 0 Å². The van der Waals surface area contributed by atoms with Crippen molar-refractivity contribution >= 4 is 38.4 Å². The van der Waals surface area contributed by atoms with Crippen molar-refractivity contribution in [1.82, 2.24) is 10.3 Å². The average molecular weight is 279 g/mol. The molecule has 3 aromatic rings.